The van der Waals surface area contributed by atoms with E-state index in [0.717, 1.165) is 38.9 Å². The maximum atomic E-state index is 12.4. The zero-order valence-corrected chi connectivity index (χ0v) is 15.5. The number of piperidine rings is 1. The van der Waals surface area contributed by atoms with Crippen molar-refractivity contribution in [3.8, 4) is 0 Å². The zero-order valence-electron chi connectivity index (χ0n) is 14.7. The summed E-state index contributed by atoms with van der Waals surface area (Å²) in [4.78, 5) is 14.3. The van der Waals surface area contributed by atoms with E-state index in [1.165, 1.54) is 15.6 Å². The lowest BCUT2D eigenvalue weighted by Gasteiger charge is -2.31. The van der Waals surface area contributed by atoms with Gasteiger partial charge in [-0.25, -0.2) is 4.79 Å². The van der Waals surface area contributed by atoms with Crippen LogP contribution in [0.3, 0.4) is 0 Å². The first-order chi connectivity index (χ1) is 12.8. The van der Waals surface area contributed by atoms with Crippen LogP contribution in [0.5, 0.6) is 0 Å². The highest BCUT2D eigenvalue weighted by Crippen LogP contribution is 2.25. The summed E-state index contributed by atoms with van der Waals surface area (Å²) < 4.78 is 3.19. The predicted molar refractivity (Wildman–Crippen MR) is 103 cm³/mol. The molecule has 4 rings (SSSR count). The Labute approximate surface area is 156 Å². The molecule has 3 aromatic rings. The summed E-state index contributed by atoms with van der Waals surface area (Å²) >= 11 is 1.77. The molecule has 0 saturated carbocycles. The Hall–Kier alpha value is -2.41. The molecular formula is C19H23N5OS. The van der Waals surface area contributed by atoms with Gasteiger partial charge in [-0.2, -0.15) is 0 Å². The molecule has 3 heterocycles. The van der Waals surface area contributed by atoms with E-state index >= 15 is 0 Å². The number of carbonyl (C=O) groups excluding carboxylic acids is 1. The number of hydrogen-bond donors (Lipinski definition) is 1. The van der Waals surface area contributed by atoms with Crippen molar-refractivity contribution < 1.29 is 4.79 Å². The van der Waals surface area contributed by atoms with Crippen molar-refractivity contribution in [2.75, 3.05) is 19.6 Å². The molecule has 1 N–H and O–H groups in total. The van der Waals surface area contributed by atoms with Gasteiger partial charge >= 0.3 is 6.03 Å². The fraction of sp³-hybridized carbons (Fsp3) is 0.421. The molecule has 1 fully saturated rings. The van der Waals surface area contributed by atoms with E-state index in [1.54, 1.807) is 17.5 Å². The number of thiophene rings is 1. The molecule has 0 unspecified atom stereocenters. The van der Waals surface area contributed by atoms with Gasteiger partial charge in [-0.15, -0.1) is 16.4 Å². The Morgan fingerprint density at radius 3 is 2.92 bits per heavy atom. The molecule has 2 amide bonds. The van der Waals surface area contributed by atoms with E-state index in [9.17, 15) is 4.79 Å². The number of nitrogens with one attached hydrogen (secondary N) is 1. The molecule has 7 heteroatoms. The molecule has 0 atom stereocenters. The first kappa shape index (κ1) is 17.0. The Bertz CT molecular complexity index is 852. The van der Waals surface area contributed by atoms with Crippen LogP contribution in [0.1, 0.15) is 18.4 Å². The van der Waals surface area contributed by atoms with E-state index in [-0.39, 0.29) is 6.03 Å². The van der Waals surface area contributed by atoms with Crippen molar-refractivity contribution in [1.82, 2.24) is 25.2 Å². The summed E-state index contributed by atoms with van der Waals surface area (Å²) in [5.74, 6) is 0.568. The molecule has 0 aliphatic carbocycles. The smallest absolute Gasteiger partial charge is 0.317 e. The van der Waals surface area contributed by atoms with Gasteiger partial charge in [0.05, 0.1) is 6.20 Å². The van der Waals surface area contributed by atoms with Gasteiger partial charge in [0.2, 0.25) is 0 Å². The molecule has 0 bridgehead atoms. The van der Waals surface area contributed by atoms with Crippen LogP contribution < -0.4 is 5.32 Å². The maximum Gasteiger partial charge on any atom is 0.317 e. The number of nitrogens with zero attached hydrogens (tertiary/aromatic N) is 4. The number of amides is 2. The molecule has 6 nitrogen and oxygen atoms in total. The van der Waals surface area contributed by atoms with E-state index in [0.29, 0.717) is 12.5 Å². The van der Waals surface area contributed by atoms with Crippen molar-refractivity contribution in [2.45, 2.75) is 25.8 Å². The Morgan fingerprint density at radius 1 is 1.27 bits per heavy atom. The third kappa shape index (κ3) is 3.88. The Kier molecular flexibility index (Phi) is 5.15. The van der Waals surface area contributed by atoms with E-state index < -0.39 is 0 Å². The summed E-state index contributed by atoms with van der Waals surface area (Å²) in [5, 5.41) is 14.5. The molecule has 1 aliphatic rings. The maximum absolute atomic E-state index is 12.4. The SMILES string of the molecule is O=C(NCCc1csc2ccccc12)N1CCC(Cn2ccnn2)CC1. The predicted octanol–water partition coefficient (Wildman–Crippen LogP) is 3.16. The van der Waals surface area contributed by atoms with Crippen LogP contribution in [-0.4, -0.2) is 45.6 Å². The third-order valence-electron chi connectivity index (χ3n) is 5.05. The quantitative estimate of drug-likeness (QED) is 0.751. The largest absolute Gasteiger partial charge is 0.338 e. The van der Waals surface area contributed by atoms with Gasteiger partial charge in [0.25, 0.3) is 0 Å². The summed E-state index contributed by atoms with van der Waals surface area (Å²) in [5.41, 5.74) is 1.32. The van der Waals surface area contributed by atoms with Crippen molar-refractivity contribution in [1.29, 1.82) is 0 Å². The van der Waals surface area contributed by atoms with Gasteiger partial charge in [-0.05, 0) is 47.6 Å². The molecule has 26 heavy (non-hydrogen) atoms. The average Bonchev–Trinajstić information content (AvgIpc) is 3.32. The number of rotatable bonds is 5. The van der Waals surface area contributed by atoms with Gasteiger partial charge in [0.1, 0.15) is 0 Å². The van der Waals surface area contributed by atoms with Gasteiger partial charge < -0.3 is 10.2 Å². The van der Waals surface area contributed by atoms with Crippen LogP contribution in [0.15, 0.2) is 42.0 Å². The van der Waals surface area contributed by atoms with Gasteiger partial charge in [0, 0.05) is 37.1 Å². The first-order valence-corrected chi connectivity index (χ1v) is 9.99. The summed E-state index contributed by atoms with van der Waals surface area (Å²) in [6, 6.07) is 8.50. The van der Waals surface area contributed by atoms with Crippen molar-refractivity contribution in [3.05, 3.63) is 47.6 Å². The number of urea groups is 1. The van der Waals surface area contributed by atoms with Crippen LogP contribution in [0.25, 0.3) is 10.1 Å². The number of benzene rings is 1. The van der Waals surface area contributed by atoms with Gasteiger partial charge in [-0.1, -0.05) is 23.4 Å². The second-order valence-electron chi connectivity index (χ2n) is 6.79. The van der Waals surface area contributed by atoms with E-state index in [2.05, 4.69) is 45.3 Å². The minimum atomic E-state index is 0.0590. The minimum Gasteiger partial charge on any atom is -0.338 e. The molecule has 0 spiro atoms. The first-order valence-electron chi connectivity index (χ1n) is 9.11. The normalized spacial score (nSPS) is 15.5. The Balaban J connectivity index is 1.22. The minimum absolute atomic E-state index is 0.0590. The highest BCUT2D eigenvalue weighted by molar-refractivity contribution is 7.17. The second kappa shape index (κ2) is 7.86. The van der Waals surface area contributed by atoms with Crippen LogP contribution in [0, 0.1) is 5.92 Å². The van der Waals surface area contributed by atoms with Gasteiger partial charge in [-0.3, -0.25) is 4.68 Å². The molecule has 1 saturated heterocycles. The third-order valence-corrected chi connectivity index (χ3v) is 6.06. The van der Waals surface area contributed by atoms with Crippen LogP contribution >= 0.6 is 11.3 Å². The van der Waals surface area contributed by atoms with Crippen molar-refractivity contribution in [2.24, 2.45) is 5.92 Å². The highest BCUT2D eigenvalue weighted by atomic mass is 32.1. The van der Waals surface area contributed by atoms with Crippen LogP contribution in [0.2, 0.25) is 0 Å². The molecule has 136 valence electrons. The Morgan fingerprint density at radius 2 is 2.12 bits per heavy atom. The molecular weight excluding hydrogens is 346 g/mol. The summed E-state index contributed by atoms with van der Waals surface area (Å²) in [6.45, 7) is 3.19. The summed E-state index contributed by atoms with van der Waals surface area (Å²) in [7, 11) is 0. The average molecular weight is 369 g/mol. The fourth-order valence-electron chi connectivity index (χ4n) is 3.56. The fourth-order valence-corrected chi connectivity index (χ4v) is 4.55. The lowest BCUT2D eigenvalue weighted by atomic mass is 9.97. The zero-order chi connectivity index (χ0) is 17.8. The van der Waals surface area contributed by atoms with Crippen molar-refractivity contribution >= 4 is 27.5 Å². The molecule has 2 aromatic heterocycles. The standard InChI is InChI=1S/C19H23N5OS/c25-19(20-8-5-16-14-26-18-4-2-1-3-17(16)18)23-10-6-15(7-11-23)13-24-12-9-21-22-24/h1-4,9,12,14-15H,5-8,10-11,13H2,(H,20,25). The second-order valence-corrected chi connectivity index (χ2v) is 7.71. The topological polar surface area (TPSA) is 63.1 Å². The van der Waals surface area contributed by atoms with E-state index in [1.807, 2.05) is 15.8 Å². The van der Waals surface area contributed by atoms with E-state index in [4.69, 9.17) is 0 Å². The highest BCUT2D eigenvalue weighted by Gasteiger charge is 2.23. The number of carbonyl (C=O) groups is 1. The number of hydrogen-bond acceptors (Lipinski definition) is 4. The summed E-state index contributed by atoms with van der Waals surface area (Å²) in [6.07, 6.45) is 6.51. The number of aromatic nitrogens is 3. The van der Waals surface area contributed by atoms with Gasteiger partial charge in [0.15, 0.2) is 0 Å². The number of likely N-dealkylation sites (tertiary alicyclic amines) is 1. The molecule has 1 aliphatic heterocycles. The number of fused-ring (bicyclic) bond motifs is 1. The lowest BCUT2D eigenvalue weighted by molar-refractivity contribution is 0.164. The molecule has 0 radical (unpaired) electrons. The molecule has 1 aromatic carbocycles. The van der Waals surface area contributed by atoms with Crippen LogP contribution in [-0.2, 0) is 13.0 Å². The van der Waals surface area contributed by atoms with Crippen LogP contribution in [0.4, 0.5) is 4.79 Å². The lowest BCUT2D eigenvalue weighted by Crippen LogP contribution is -2.45. The monoisotopic (exact) mass is 369 g/mol. The van der Waals surface area contributed by atoms with Crippen molar-refractivity contribution in [3.63, 3.8) is 0 Å².